The zero-order valence-electron chi connectivity index (χ0n) is 10.5. The maximum Gasteiger partial charge on any atom is 0.169 e. The van der Waals surface area contributed by atoms with E-state index in [0.29, 0.717) is 18.8 Å². The minimum Gasteiger partial charge on any atom is -0.456 e. The number of rotatable bonds is 6. The van der Waals surface area contributed by atoms with E-state index < -0.39 is 0 Å². The lowest BCUT2D eigenvalue weighted by molar-refractivity contribution is 0.126. The number of hydrogen-bond donors (Lipinski definition) is 1. The molecule has 2 aromatic rings. The van der Waals surface area contributed by atoms with Gasteiger partial charge in [0, 0.05) is 18.6 Å². The standard InChI is InChI=1S/C14H18FNO2/c1-2-7-17-8-6-12(16)13-9-10-4-3-5-11(15)14(10)18-13/h3-5,9,12H,2,6-8,16H2,1H3. The number of furan rings is 1. The highest BCUT2D eigenvalue weighted by Crippen LogP contribution is 2.26. The topological polar surface area (TPSA) is 48.4 Å². The van der Waals surface area contributed by atoms with Gasteiger partial charge in [0.25, 0.3) is 0 Å². The number of para-hydroxylation sites is 1. The lowest BCUT2D eigenvalue weighted by atomic mass is 10.1. The van der Waals surface area contributed by atoms with Crippen LogP contribution in [0.2, 0.25) is 0 Å². The molecule has 98 valence electrons. The van der Waals surface area contributed by atoms with Crippen molar-refractivity contribution in [3.8, 4) is 0 Å². The van der Waals surface area contributed by atoms with Crippen LogP contribution < -0.4 is 5.73 Å². The van der Waals surface area contributed by atoms with Gasteiger partial charge in [0.2, 0.25) is 0 Å². The number of fused-ring (bicyclic) bond motifs is 1. The molecule has 0 aliphatic heterocycles. The fraction of sp³-hybridized carbons (Fsp3) is 0.429. The Labute approximate surface area is 106 Å². The van der Waals surface area contributed by atoms with Crippen LogP contribution >= 0.6 is 0 Å². The average molecular weight is 251 g/mol. The molecule has 18 heavy (non-hydrogen) atoms. The molecule has 2 N–H and O–H groups in total. The third-order valence-corrected chi connectivity index (χ3v) is 2.80. The molecule has 3 nitrogen and oxygen atoms in total. The summed E-state index contributed by atoms with van der Waals surface area (Å²) < 4.78 is 24.3. The maximum atomic E-state index is 13.5. The van der Waals surface area contributed by atoms with Crippen LogP contribution in [0, 0.1) is 5.82 Å². The lowest BCUT2D eigenvalue weighted by Gasteiger charge is -2.08. The van der Waals surface area contributed by atoms with Crippen LogP contribution in [0.1, 0.15) is 31.6 Å². The first-order valence-electron chi connectivity index (χ1n) is 6.23. The molecule has 0 amide bonds. The summed E-state index contributed by atoms with van der Waals surface area (Å²) in [6.07, 6.45) is 1.66. The van der Waals surface area contributed by atoms with Gasteiger partial charge in [-0.1, -0.05) is 19.1 Å². The van der Waals surface area contributed by atoms with Gasteiger partial charge in [0.1, 0.15) is 5.76 Å². The molecule has 0 bridgehead atoms. The largest absolute Gasteiger partial charge is 0.456 e. The molecule has 1 heterocycles. The van der Waals surface area contributed by atoms with Crippen LogP contribution in [-0.2, 0) is 4.74 Å². The summed E-state index contributed by atoms with van der Waals surface area (Å²) in [6.45, 7) is 3.39. The van der Waals surface area contributed by atoms with Crippen LogP contribution in [0.15, 0.2) is 28.7 Å². The van der Waals surface area contributed by atoms with Gasteiger partial charge in [-0.15, -0.1) is 0 Å². The Morgan fingerprint density at radius 1 is 1.39 bits per heavy atom. The summed E-state index contributed by atoms with van der Waals surface area (Å²) in [6, 6.07) is 6.39. The molecule has 0 radical (unpaired) electrons. The first-order valence-corrected chi connectivity index (χ1v) is 6.23. The van der Waals surface area contributed by atoms with Crippen molar-refractivity contribution in [2.24, 2.45) is 5.73 Å². The predicted octanol–water partition coefficient (Wildman–Crippen LogP) is 3.39. The Morgan fingerprint density at radius 2 is 2.22 bits per heavy atom. The summed E-state index contributed by atoms with van der Waals surface area (Å²) in [5.41, 5.74) is 6.27. The summed E-state index contributed by atoms with van der Waals surface area (Å²) in [5.74, 6) is 0.253. The van der Waals surface area contributed by atoms with Crippen LogP contribution in [0.25, 0.3) is 11.0 Å². The second-order valence-corrected chi connectivity index (χ2v) is 4.31. The molecule has 0 fully saturated rings. The number of nitrogens with two attached hydrogens (primary N) is 1. The van der Waals surface area contributed by atoms with Crippen molar-refractivity contribution < 1.29 is 13.5 Å². The van der Waals surface area contributed by atoms with Gasteiger partial charge in [-0.3, -0.25) is 0 Å². The van der Waals surface area contributed by atoms with E-state index in [1.54, 1.807) is 12.1 Å². The zero-order valence-corrected chi connectivity index (χ0v) is 10.5. The third-order valence-electron chi connectivity index (χ3n) is 2.80. The van der Waals surface area contributed by atoms with Gasteiger partial charge in [0.05, 0.1) is 6.04 Å². The molecule has 0 spiro atoms. The number of benzene rings is 1. The molecule has 1 aromatic heterocycles. The third kappa shape index (κ3) is 2.89. The maximum absolute atomic E-state index is 13.5. The summed E-state index contributed by atoms with van der Waals surface area (Å²) in [4.78, 5) is 0. The number of hydrogen-bond acceptors (Lipinski definition) is 3. The highest BCUT2D eigenvalue weighted by atomic mass is 19.1. The molecule has 1 aromatic carbocycles. The second-order valence-electron chi connectivity index (χ2n) is 4.31. The van der Waals surface area contributed by atoms with Crippen molar-refractivity contribution in [3.05, 3.63) is 35.8 Å². The summed E-state index contributed by atoms with van der Waals surface area (Å²) >= 11 is 0. The Morgan fingerprint density at radius 3 is 2.94 bits per heavy atom. The van der Waals surface area contributed by atoms with Gasteiger partial charge in [0.15, 0.2) is 11.4 Å². The lowest BCUT2D eigenvalue weighted by Crippen LogP contribution is -2.12. The molecule has 0 aliphatic rings. The molecule has 2 rings (SSSR count). The van der Waals surface area contributed by atoms with Crippen molar-refractivity contribution in [1.82, 2.24) is 0 Å². The van der Waals surface area contributed by atoms with E-state index in [1.807, 2.05) is 6.07 Å². The smallest absolute Gasteiger partial charge is 0.169 e. The summed E-state index contributed by atoms with van der Waals surface area (Å²) in [7, 11) is 0. The molecule has 0 saturated carbocycles. The van der Waals surface area contributed by atoms with Crippen LogP contribution in [-0.4, -0.2) is 13.2 Å². The molecule has 0 aliphatic carbocycles. The summed E-state index contributed by atoms with van der Waals surface area (Å²) in [5, 5.41) is 0.745. The van der Waals surface area contributed by atoms with E-state index in [9.17, 15) is 4.39 Å². The Hall–Kier alpha value is -1.39. The minimum atomic E-state index is -0.354. The van der Waals surface area contributed by atoms with Crippen molar-refractivity contribution in [3.63, 3.8) is 0 Å². The SMILES string of the molecule is CCCOCCC(N)c1cc2cccc(F)c2o1. The molecule has 4 heteroatoms. The Bertz CT molecular complexity index is 509. The Balaban J connectivity index is 2.04. The van der Waals surface area contributed by atoms with Crippen molar-refractivity contribution in [2.45, 2.75) is 25.8 Å². The van der Waals surface area contributed by atoms with Gasteiger partial charge in [-0.2, -0.15) is 0 Å². The average Bonchev–Trinajstić information content (AvgIpc) is 2.80. The van der Waals surface area contributed by atoms with E-state index in [0.717, 1.165) is 18.4 Å². The first-order chi connectivity index (χ1) is 8.72. The van der Waals surface area contributed by atoms with Crippen molar-refractivity contribution in [2.75, 3.05) is 13.2 Å². The van der Waals surface area contributed by atoms with Gasteiger partial charge in [-0.25, -0.2) is 4.39 Å². The monoisotopic (exact) mass is 251 g/mol. The molecular formula is C14H18FNO2. The van der Waals surface area contributed by atoms with Gasteiger partial charge < -0.3 is 14.9 Å². The highest BCUT2D eigenvalue weighted by Gasteiger charge is 2.13. The van der Waals surface area contributed by atoms with E-state index >= 15 is 0 Å². The highest BCUT2D eigenvalue weighted by molar-refractivity contribution is 5.78. The molecule has 0 saturated heterocycles. The van der Waals surface area contributed by atoms with Gasteiger partial charge in [-0.05, 0) is 25.0 Å². The fourth-order valence-corrected chi connectivity index (χ4v) is 1.83. The van der Waals surface area contributed by atoms with Gasteiger partial charge >= 0.3 is 0 Å². The molecular weight excluding hydrogens is 233 g/mol. The number of halogens is 1. The van der Waals surface area contributed by atoms with E-state index in [4.69, 9.17) is 14.9 Å². The zero-order chi connectivity index (χ0) is 13.0. The van der Waals surface area contributed by atoms with Crippen LogP contribution in [0.3, 0.4) is 0 Å². The normalized spacial score (nSPS) is 13.1. The quantitative estimate of drug-likeness (QED) is 0.800. The molecule has 1 unspecified atom stereocenters. The van der Waals surface area contributed by atoms with Crippen LogP contribution in [0.4, 0.5) is 4.39 Å². The Kier molecular flexibility index (Phi) is 4.33. The minimum absolute atomic E-state index is 0.256. The van der Waals surface area contributed by atoms with E-state index in [2.05, 4.69) is 6.92 Å². The van der Waals surface area contributed by atoms with Crippen molar-refractivity contribution in [1.29, 1.82) is 0 Å². The first kappa shape index (κ1) is 13.1. The van der Waals surface area contributed by atoms with Crippen molar-refractivity contribution >= 4 is 11.0 Å². The van der Waals surface area contributed by atoms with E-state index in [-0.39, 0.29) is 17.4 Å². The second kappa shape index (κ2) is 5.98. The van der Waals surface area contributed by atoms with E-state index in [1.165, 1.54) is 6.07 Å². The molecule has 1 atom stereocenters. The fourth-order valence-electron chi connectivity index (χ4n) is 1.83. The predicted molar refractivity (Wildman–Crippen MR) is 68.8 cm³/mol. The van der Waals surface area contributed by atoms with Crippen LogP contribution in [0.5, 0.6) is 0 Å². The number of ether oxygens (including phenoxy) is 1.